The second-order valence-electron chi connectivity index (χ2n) is 8.39. The molecule has 0 radical (unpaired) electrons. The number of carbonyl (C=O) groups excluding carboxylic acids is 2. The number of thioether (sulfide) groups is 1. The van der Waals surface area contributed by atoms with Crippen LogP contribution in [0, 0.1) is 5.92 Å². The smallest absolute Gasteiger partial charge is 0.417 e. The summed E-state index contributed by atoms with van der Waals surface area (Å²) in [6.07, 6.45) is 0.508. The summed E-state index contributed by atoms with van der Waals surface area (Å²) in [6, 6.07) is 29.7. The van der Waals surface area contributed by atoms with Crippen molar-refractivity contribution in [3.8, 4) is 0 Å². The van der Waals surface area contributed by atoms with Gasteiger partial charge in [0.25, 0.3) is 0 Å². The molecule has 1 heterocycles. The summed E-state index contributed by atoms with van der Waals surface area (Å²) in [4.78, 5) is 27.7. The van der Waals surface area contributed by atoms with Crippen molar-refractivity contribution < 1.29 is 14.3 Å². The Hall–Kier alpha value is -3.05. The van der Waals surface area contributed by atoms with E-state index in [1.165, 1.54) is 16.0 Å². The second-order valence-corrected chi connectivity index (χ2v) is 9.42. The van der Waals surface area contributed by atoms with Crippen LogP contribution in [0.1, 0.15) is 36.1 Å². The first kappa shape index (κ1) is 23.1. The summed E-state index contributed by atoms with van der Waals surface area (Å²) in [5, 5.41) is 0. The number of imide groups is 1. The van der Waals surface area contributed by atoms with Crippen LogP contribution in [-0.2, 0) is 21.7 Å². The average Bonchev–Trinajstić information content (AvgIpc) is 3.16. The number of aryl methyl sites for hydroxylation is 1. The topological polar surface area (TPSA) is 46.6 Å². The lowest BCUT2D eigenvalue weighted by Gasteiger charge is -2.24. The minimum atomic E-state index is -0.542. The van der Waals surface area contributed by atoms with E-state index in [1.54, 1.807) is 11.8 Å². The summed E-state index contributed by atoms with van der Waals surface area (Å²) in [7, 11) is 0. The van der Waals surface area contributed by atoms with Gasteiger partial charge in [-0.3, -0.25) is 4.79 Å². The standard InChI is InChI=1S/C28H29NO3S/c1-21-26(24-15-9-4-10-16-24)32-28(31)29(21)27(30)25(18-17-22-11-5-2-6-12-22)20-33-19-23-13-7-3-8-14-23/h2-16,21,25-26H,17-20H2,1H3/t21-,25?,26+/m1/s1. The molecule has 33 heavy (non-hydrogen) atoms. The molecule has 4 nitrogen and oxygen atoms in total. The zero-order valence-electron chi connectivity index (χ0n) is 18.8. The Bertz CT molecular complexity index is 1040. The average molecular weight is 460 g/mol. The van der Waals surface area contributed by atoms with Gasteiger partial charge in [0.15, 0.2) is 0 Å². The number of rotatable bonds is 9. The summed E-state index contributed by atoms with van der Waals surface area (Å²) < 4.78 is 5.64. The van der Waals surface area contributed by atoms with Gasteiger partial charge in [0.2, 0.25) is 5.91 Å². The third-order valence-electron chi connectivity index (χ3n) is 6.04. The molecule has 1 fully saturated rings. The van der Waals surface area contributed by atoms with Crippen LogP contribution in [0.15, 0.2) is 91.0 Å². The number of ether oxygens (including phenoxy) is 1. The Morgan fingerprint density at radius 2 is 1.48 bits per heavy atom. The van der Waals surface area contributed by atoms with Crippen LogP contribution in [0.4, 0.5) is 4.79 Å². The zero-order valence-corrected chi connectivity index (χ0v) is 19.6. The van der Waals surface area contributed by atoms with Crippen LogP contribution in [0.5, 0.6) is 0 Å². The Morgan fingerprint density at radius 1 is 0.909 bits per heavy atom. The molecule has 2 amide bonds. The van der Waals surface area contributed by atoms with E-state index in [1.807, 2.05) is 73.7 Å². The highest BCUT2D eigenvalue weighted by Crippen LogP contribution is 2.34. The molecule has 170 valence electrons. The largest absolute Gasteiger partial charge is 0.439 e. The zero-order chi connectivity index (χ0) is 23.0. The molecule has 5 heteroatoms. The quantitative estimate of drug-likeness (QED) is 0.378. The van der Waals surface area contributed by atoms with E-state index in [0.29, 0.717) is 12.2 Å². The van der Waals surface area contributed by atoms with E-state index in [4.69, 9.17) is 4.74 Å². The van der Waals surface area contributed by atoms with Gasteiger partial charge >= 0.3 is 6.09 Å². The SMILES string of the molecule is C[C@@H]1[C@@H](c2ccccc2)OC(=O)N1C(=O)C(CCc1ccccc1)CSCc1ccccc1. The highest BCUT2D eigenvalue weighted by atomic mass is 32.2. The molecule has 3 aromatic rings. The third kappa shape index (κ3) is 5.85. The minimum absolute atomic E-state index is 0.137. The fourth-order valence-electron chi connectivity index (χ4n) is 4.20. The predicted octanol–water partition coefficient (Wildman–Crippen LogP) is 6.28. The van der Waals surface area contributed by atoms with E-state index < -0.39 is 12.2 Å². The first-order valence-electron chi connectivity index (χ1n) is 11.4. The van der Waals surface area contributed by atoms with Gasteiger partial charge in [-0.15, -0.1) is 0 Å². The molecule has 0 aromatic heterocycles. The van der Waals surface area contributed by atoms with Gasteiger partial charge < -0.3 is 4.74 Å². The molecule has 3 atom stereocenters. The molecule has 3 aromatic carbocycles. The number of amides is 2. The van der Waals surface area contributed by atoms with Crippen molar-refractivity contribution in [1.82, 2.24) is 4.90 Å². The molecule has 0 spiro atoms. The Labute approximate surface area is 200 Å². The van der Waals surface area contributed by atoms with Crippen molar-refractivity contribution in [2.45, 2.75) is 37.7 Å². The number of hydrogen-bond donors (Lipinski definition) is 0. The molecule has 4 rings (SSSR count). The highest BCUT2D eigenvalue weighted by Gasteiger charge is 2.45. The highest BCUT2D eigenvalue weighted by molar-refractivity contribution is 7.98. The van der Waals surface area contributed by atoms with Crippen LogP contribution >= 0.6 is 11.8 Å². The van der Waals surface area contributed by atoms with Crippen LogP contribution in [0.3, 0.4) is 0 Å². The molecule has 0 aliphatic carbocycles. The number of nitrogens with zero attached hydrogens (tertiary/aromatic N) is 1. The van der Waals surface area contributed by atoms with Crippen LogP contribution in [0.2, 0.25) is 0 Å². The van der Waals surface area contributed by atoms with Crippen molar-refractivity contribution in [3.63, 3.8) is 0 Å². The summed E-state index contributed by atoms with van der Waals surface area (Å²) in [6.45, 7) is 1.89. The van der Waals surface area contributed by atoms with E-state index in [0.717, 1.165) is 17.7 Å². The van der Waals surface area contributed by atoms with E-state index in [9.17, 15) is 9.59 Å². The number of cyclic esters (lactones) is 1. The van der Waals surface area contributed by atoms with Crippen LogP contribution in [-0.4, -0.2) is 28.7 Å². The van der Waals surface area contributed by atoms with Crippen molar-refractivity contribution in [2.75, 3.05) is 5.75 Å². The molecular weight excluding hydrogens is 430 g/mol. The fourth-order valence-corrected chi connectivity index (χ4v) is 5.34. The van der Waals surface area contributed by atoms with Crippen molar-refractivity contribution in [3.05, 3.63) is 108 Å². The Kier molecular flexibility index (Phi) is 7.84. The molecule has 1 unspecified atom stereocenters. The molecule has 1 aliphatic rings. The Balaban J connectivity index is 1.46. The lowest BCUT2D eigenvalue weighted by Crippen LogP contribution is -2.42. The first-order chi connectivity index (χ1) is 16.1. The summed E-state index contributed by atoms with van der Waals surface area (Å²) in [5.74, 6) is 1.10. The van der Waals surface area contributed by atoms with Crippen molar-refractivity contribution >= 4 is 23.8 Å². The molecular formula is C28H29NO3S. The van der Waals surface area contributed by atoms with E-state index >= 15 is 0 Å². The van der Waals surface area contributed by atoms with Crippen molar-refractivity contribution in [2.24, 2.45) is 5.92 Å². The lowest BCUT2D eigenvalue weighted by atomic mass is 9.98. The van der Waals surface area contributed by atoms with Gasteiger partial charge in [-0.1, -0.05) is 91.0 Å². The van der Waals surface area contributed by atoms with Gasteiger partial charge in [0.05, 0.1) is 6.04 Å². The van der Waals surface area contributed by atoms with Gasteiger partial charge in [-0.05, 0) is 36.5 Å². The van der Waals surface area contributed by atoms with Gasteiger partial charge in [-0.2, -0.15) is 11.8 Å². The molecule has 0 saturated carbocycles. The normalized spacial score (nSPS) is 18.7. The molecule has 0 N–H and O–H groups in total. The molecule has 1 aliphatic heterocycles. The predicted molar refractivity (Wildman–Crippen MR) is 133 cm³/mol. The first-order valence-corrected chi connectivity index (χ1v) is 12.5. The molecule has 1 saturated heterocycles. The number of carbonyl (C=O) groups is 2. The summed E-state index contributed by atoms with van der Waals surface area (Å²) in [5.41, 5.74) is 3.34. The minimum Gasteiger partial charge on any atom is -0.439 e. The van der Waals surface area contributed by atoms with Gasteiger partial charge in [0.1, 0.15) is 6.10 Å². The lowest BCUT2D eigenvalue weighted by molar-refractivity contribution is -0.132. The maximum Gasteiger partial charge on any atom is 0.417 e. The maximum absolute atomic E-state index is 13.6. The van der Waals surface area contributed by atoms with E-state index in [2.05, 4.69) is 24.3 Å². The van der Waals surface area contributed by atoms with Crippen molar-refractivity contribution in [1.29, 1.82) is 0 Å². The van der Waals surface area contributed by atoms with Crippen LogP contribution < -0.4 is 0 Å². The second kappa shape index (κ2) is 11.2. The van der Waals surface area contributed by atoms with Gasteiger partial charge in [0, 0.05) is 17.4 Å². The van der Waals surface area contributed by atoms with E-state index in [-0.39, 0.29) is 17.9 Å². The fraction of sp³-hybridized carbons (Fsp3) is 0.286. The number of hydrogen-bond acceptors (Lipinski definition) is 4. The van der Waals surface area contributed by atoms with Crippen LogP contribution in [0.25, 0.3) is 0 Å². The Morgan fingerprint density at radius 3 is 2.12 bits per heavy atom. The number of benzene rings is 3. The third-order valence-corrected chi connectivity index (χ3v) is 7.22. The molecule has 0 bridgehead atoms. The summed E-state index contributed by atoms with van der Waals surface area (Å²) >= 11 is 1.74. The van der Waals surface area contributed by atoms with Gasteiger partial charge in [-0.25, -0.2) is 9.69 Å². The monoisotopic (exact) mass is 459 g/mol. The maximum atomic E-state index is 13.6.